The Labute approximate surface area is 81.2 Å². The minimum atomic E-state index is 0.845. The Morgan fingerprint density at radius 1 is 1.15 bits per heavy atom. The van der Waals surface area contributed by atoms with Gasteiger partial charge in [0.2, 0.25) is 0 Å². The molecule has 64 valence electrons. The number of fused-ring (bicyclic) bond motifs is 1. The minimum absolute atomic E-state index is 0.845. The zero-order valence-corrected chi connectivity index (χ0v) is 7.90. The van der Waals surface area contributed by atoms with Gasteiger partial charge in [0.05, 0.1) is 0 Å². The second-order valence-corrected chi connectivity index (χ2v) is 1.82. The molecular weight excluding hydrogens is 160 g/mol. The van der Waals surface area contributed by atoms with Crippen LogP contribution in [0.1, 0.15) is 13.8 Å². The summed E-state index contributed by atoms with van der Waals surface area (Å²) in [6, 6.07) is 7.67. The number of hydrogen-bond acceptors (Lipinski definition) is 2. The second-order valence-electron chi connectivity index (χ2n) is 1.82. The van der Waals surface area contributed by atoms with Crippen molar-refractivity contribution in [2.24, 2.45) is 0 Å². The van der Waals surface area contributed by atoms with E-state index in [4.69, 9.17) is 4.42 Å². The lowest BCUT2D eigenvalue weighted by atomic mass is 9.81. The lowest BCUT2D eigenvalue weighted by Crippen LogP contribution is -1.61. The first-order valence-corrected chi connectivity index (χ1v) is 4.08. The summed E-state index contributed by atoms with van der Waals surface area (Å²) < 4.78 is 5.01. The first-order valence-electron chi connectivity index (χ1n) is 4.08. The van der Waals surface area contributed by atoms with Crippen LogP contribution in [0.3, 0.4) is 0 Å². The van der Waals surface area contributed by atoms with Gasteiger partial charge in [-0.15, -0.1) is 0 Å². The standard InChI is InChI=1S/C7H5NO.C2H6.B2/c1-2-4-7-6(3-1)8-5-9-7;2*1-2/h1-5H;1-2H3;. The number of nitrogens with zero attached hydrogens (tertiary/aromatic N) is 1. The predicted molar refractivity (Wildman–Crippen MR) is 56.9 cm³/mol. The highest BCUT2D eigenvalue weighted by Crippen LogP contribution is 2.09. The van der Waals surface area contributed by atoms with Crippen molar-refractivity contribution in [2.45, 2.75) is 13.8 Å². The first-order chi connectivity index (χ1) is 6.47. The van der Waals surface area contributed by atoms with Crippen LogP contribution in [0, 0.1) is 0 Å². The van der Waals surface area contributed by atoms with Crippen molar-refractivity contribution in [2.75, 3.05) is 0 Å². The van der Waals surface area contributed by atoms with Gasteiger partial charge in [-0.2, -0.15) is 0 Å². The fourth-order valence-corrected chi connectivity index (χ4v) is 0.803. The van der Waals surface area contributed by atoms with Crippen LogP contribution in [0.5, 0.6) is 0 Å². The van der Waals surface area contributed by atoms with Gasteiger partial charge >= 0.3 is 0 Å². The van der Waals surface area contributed by atoms with Crippen LogP contribution in [0.2, 0.25) is 0 Å². The third-order valence-corrected chi connectivity index (χ3v) is 1.24. The second kappa shape index (κ2) is 7.47. The SMILES string of the molecule is CC.[B][B].c1ccc2ocnc2c1. The van der Waals surface area contributed by atoms with Gasteiger partial charge in [0.25, 0.3) is 0 Å². The van der Waals surface area contributed by atoms with E-state index in [1.807, 2.05) is 38.1 Å². The van der Waals surface area contributed by atoms with Gasteiger partial charge in [0.15, 0.2) is 12.0 Å². The summed E-state index contributed by atoms with van der Waals surface area (Å²) in [5.41, 5.74) is 1.76. The molecule has 0 spiro atoms. The Bertz CT molecular complexity index is 292. The van der Waals surface area contributed by atoms with Crippen LogP contribution in [-0.2, 0) is 0 Å². The molecule has 0 fully saturated rings. The Kier molecular flexibility index (Phi) is 6.79. The number of aromatic nitrogens is 1. The molecular formula is C9H11B2NO. The molecule has 0 atom stereocenters. The Balaban J connectivity index is 0.000000322. The minimum Gasteiger partial charge on any atom is -0.443 e. The van der Waals surface area contributed by atoms with Gasteiger partial charge in [0, 0.05) is 15.5 Å². The number of rotatable bonds is 0. The van der Waals surface area contributed by atoms with E-state index < -0.39 is 0 Å². The summed E-state index contributed by atoms with van der Waals surface area (Å²) in [6.07, 6.45) is 1.45. The van der Waals surface area contributed by atoms with Crippen LogP contribution in [0.15, 0.2) is 35.1 Å². The summed E-state index contributed by atoms with van der Waals surface area (Å²) in [6.45, 7) is 4.00. The van der Waals surface area contributed by atoms with Crippen molar-refractivity contribution in [1.82, 2.24) is 4.98 Å². The molecule has 0 aliphatic carbocycles. The highest BCUT2D eigenvalue weighted by molar-refractivity contribution is 6.75. The van der Waals surface area contributed by atoms with E-state index in [0.29, 0.717) is 0 Å². The van der Waals surface area contributed by atoms with Gasteiger partial charge in [-0.25, -0.2) is 4.98 Å². The van der Waals surface area contributed by atoms with E-state index in [1.54, 1.807) is 0 Å². The van der Waals surface area contributed by atoms with E-state index in [-0.39, 0.29) is 0 Å². The zero-order chi connectivity index (χ0) is 10.1. The smallest absolute Gasteiger partial charge is 0.181 e. The summed E-state index contributed by atoms with van der Waals surface area (Å²) in [4.78, 5) is 3.95. The number of hydrogen-bond donors (Lipinski definition) is 0. The molecule has 2 aromatic rings. The van der Waals surface area contributed by atoms with Crippen LogP contribution < -0.4 is 0 Å². The molecule has 0 bridgehead atoms. The third kappa shape index (κ3) is 3.36. The molecule has 2 rings (SSSR count). The highest BCUT2D eigenvalue weighted by atomic mass is 16.3. The van der Waals surface area contributed by atoms with Crippen LogP contribution in [0.4, 0.5) is 0 Å². The van der Waals surface area contributed by atoms with Gasteiger partial charge < -0.3 is 4.42 Å². The van der Waals surface area contributed by atoms with Crippen molar-refractivity contribution < 1.29 is 4.42 Å². The average molecular weight is 171 g/mol. The average Bonchev–Trinajstić information content (AvgIpc) is 2.71. The lowest BCUT2D eigenvalue weighted by molar-refractivity contribution is 0.602. The maximum Gasteiger partial charge on any atom is 0.181 e. The maximum atomic E-state index is 5.01. The zero-order valence-electron chi connectivity index (χ0n) is 7.90. The number of para-hydroxylation sites is 2. The molecule has 0 amide bonds. The fraction of sp³-hybridized carbons (Fsp3) is 0.222. The quantitative estimate of drug-likeness (QED) is 0.567. The molecule has 0 N–H and O–H groups in total. The lowest BCUT2D eigenvalue weighted by Gasteiger charge is -1.79. The van der Waals surface area contributed by atoms with Crippen LogP contribution >= 0.6 is 0 Å². The fourth-order valence-electron chi connectivity index (χ4n) is 0.803. The molecule has 1 aromatic heterocycles. The molecule has 1 heterocycles. The first kappa shape index (κ1) is 11.8. The van der Waals surface area contributed by atoms with E-state index >= 15 is 0 Å². The van der Waals surface area contributed by atoms with Crippen molar-refractivity contribution in [1.29, 1.82) is 0 Å². The molecule has 0 aliphatic rings. The van der Waals surface area contributed by atoms with Crippen molar-refractivity contribution in [3.63, 3.8) is 0 Å². The predicted octanol–water partition coefficient (Wildman–Crippen LogP) is 2.09. The molecule has 1 aromatic carbocycles. The molecule has 4 radical (unpaired) electrons. The van der Waals surface area contributed by atoms with Crippen LogP contribution in [-0.4, -0.2) is 20.5 Å². The van der Waals surface area contributed by atoms with Gasteiger partial charge in [-0.05, 0) is 12.1 Å². The Morgan fingerprint density at radius 2 is 1.77 bits per heavy atom. The van der Waals surface area contributed by atoms with E-state index in [0.717, 1.165) is 11.1 Å². The number of benzene rings is 1. The van der Waals surface area contributed by atoms with Crippen molar-refractivity contribution >= 4 is 26.6 Å². The molecule has 13 heavy (non-hydrogen) atoms. The summed E-state index contributed by atoms with van der Waals surface area (Å²) in [5, 5.41) is 0. The largest absolute Gasteiger partial charge is 0.443 e. The highest BCUT2D eigenvalue weighted by Gasteiger charge is 1.91. The monoisotopic (exact) mass is 171 g/mol. The molecule has 0 saturated carbocycles. The van der Waals surface area contributed by atoms with E-state index in [9.17, 15) is 0 Å². The van der Waals surface area contributed by atoms with E-state index in [1.165, 1.54) is 6.39 Å². The molecule has 0 aliphatic heterocycles. The van der Waals surface area contributed by atoms with Crippen LogP contribution in [0.25, 0.3) is 11.1 Å². The number of oxazole rings is 1. The topological polar surface area (TPSA) is 26.0 Å². The molecule has 4 heteroatoms. The molecule has 2 nitrogen and oxygen atoms in total. The van der Waals surface area contributed by atoms with Gasteiger partial charge in [-0.3, -0.25) is 0 Å². The Morgan fingerprint density at radius 3 is 2.38 bits per heavy atom. The molecule has 0 saturated heterocycles. The molecule has 0 unspecified atom stereocenters. The summed E-state index contributed by atoms with van der Waals surface area (Å²) in [7, 11) is 8.00. The van der Waals surface area contributed by atoms with E-state index in [2.05, 4.69) is 20.5 Å². The third-order valence-electron chi connectivity index (χ3n) is 1.24. The normalized spacial score (nSPS) is 7.85. The summed E-state index contributed by atoms with van der Waals surface area (Å²) in [5.74, 6) is 0. The van der Waals surface area contributed by atoms with Crippen molar-refractivity contribution in [3.05, 3.63) is 30.7 Å². The van der Waals surface area contributed by atoms with Gasteiger partial charge in [-0.1, -0.05) is 26.0 Å². The summed E-state index contributed by atoms with van der Waals surface area (Å²) >= 11 is 0. The van der Waals surface area contributed by atoms with Crippen molar-refractivity contribution in [3.8, 4) is 0 Å². The maximum absolute atomic E-state index is 5.01. The Hall–Kier alpha value is -1.18. The van der Waals surface area contributed by atoms with Gasteiger partial charge in [0.1, 0.15) is 5.52 Å².